The van der Waals surface area contributed by atoms with E-state index in [1.165, 1.54) is 31.2 Å². The second-order valence-corrected chi connectivity index (χ2v) is 11.2. The molecule has 8 nitrogen and oxygen atoms in total. The molecular formula is C27H30BrN3O5S. The normalized spacial score (nSPS) is 11.9. The van der Waals surface area contributed by atoms with Gasteiger partial charge in [0.15, 0.2) is 0 Å². The van der Waals surface area contributed by atoms with E-state index in [0.717, 1.165) is 19.9 Å². The van der Waals surface area contributed by atoms with E-state index in [-0.39, 0.29) is 17.3 Å². The number of aryl methyl sites for hydroxylation is 1. The van der Waals surface area contributed by atoms with E-state index in [1.807, 2.05) is 31.2 Å². The number of amides is 2. The van der Waals surface area contributed by atoms with Crippen LogP contribution in [0.3, 0.4) is 0 Å². The van der Waals surface area contributed by atoms with Crippen molar-refractivity contribution in [3.05, 3.63) is 88.4 Å². The van der Waals surface area contributed by atoms with E-state index in [9.17, 15) is 18.0 Å². The monoisotopic (exact) mass is 587 g/mol. The van der Waals surface area contributed by atoms with Gasteiger partial charge in [-0.15, -0.1) is 0 Å². The lowest BCUT2D eigenvalue weighted by molar-refractivity contribution is -0.139. The Hall–Kier alpha value is -3.37. The van der Waals surface area contributed by atoms with Gasteiger partial charge in [-0.25, -0.2) is 8.42 Å². The molecule has 0 bridgehead atoms. The standard InChI is InChI=1S/C27H30BrN3O5S/c1-19-8-14-25(15-9-19)37(34,35)31(23-10-12-24(36-4)13-11-23)18-26(32)30(20(2)27(33)29-3)17-21-6-5-7-22(28)16-21/h5-16,20H,17-18H2,1-4H3,(H,29,33). The predicted molar refractivity (Wildman–Crippen MR) is 147 cm³/mol. The molecule has 0 saturated carbocycles. The second kappa shape index (κ2) is 12.2. The smallest absolute Gasteiger partial charge is 0.264 e. The fourth-order valence-corrected chi connectivity index (χ4v) is 5.60. The minimum Gasteiger partial charge on any atom is -0.497 e. The summed E-state index contributed by atoms with van der Waals surface area (Å²) in [4.78, 5) is 27.7. The SMILES string of the molecule is CNC(=O)C(C)N(Cc1cccc(Br)c1)C(=O)CN(c1ccc(OC)cc1)S(=O)(=O)c1ccc(C)cc1. The maximum absolute atomic E-state index is 13.8. The number of methoxy groups -OCH3 is 1. The highest BCUT2D eigenvalue weighted by Gasteiger charge is 2.32. The summed E-state index contributed by atoms with van der Waals surface area (Å²) in [5.74, 6) is -0.337. The third-order valence-corrected chi connectivity index (χ3v) is 8.19. The maximum Gasteiger partial charge on any atom is 0.264 e. The van der Waals surface area contributed by atoms with Crippen LogP contribution in [-0.2, 0) is 26.2 Å². The van der Waals surface area contributed by atoms with E-state index < -0.39 is 28.5 Å². The molecule has 0 radical (unpaired) electrons. The highest BCUT2D eigenvalue weighted by Crippen LogP contribution is 2.27. The van der Waals surface area contributed by atoms with Crippen LogP contribution in [0.15, 0.2) is 82.2 Å². The molecule has 1 N–H and O–H groups in total. The number of ether oxygens (including phenoxy) is 1. The van der Waals surface area contributed by atoms with Gasteiger partial charge in [-0.05, 0) is 67.9 Å². The Morgan fingerprint density at radius 3 is 2.24 bits per heavy atom. The van der Waals surface area contributed by atoms with Crippen molar-refractivity contribution in [2.24, 2.45) is 0 Å². The van der Waals surface area contributed by atoms with Gasteiger partial charge in [0.1, 0.15) is 18.3 Å². The number of nitrogens with one attached hydrogen (secondary N) is 1. The number of hydrogen-bond donors (Lipinski definition) is 1. The van der Waals surface area contributed by atoms with Crippen molar-refractivity contribution in [3.8, 4) is 5.75 Å². The second-order valence-electron chi connectivity index (χ2n) is 8.46. The Labute approximate surface area is 226 Å². The van der Waals surface area contributed by atoms with Crippen LogP contribution in [0.1, 0.15) is 18.1 Å². The molecule has 0 aromatic heterocycles. The summed E-state index contributed by atoms with van der Waals surface area (Å²) in [6.07, 6.45) is 0. The van der Waals surface area contributed by atoms with Gasteiger partial charge in [0.25, 0.3) is 10.0 Å². The van der Waals surface area contributed by atoms with Crippen molar-refractivity contribution in [3.63, 3.8) is 0 Å². The number of anilines is 1. The Kier molecular flexibility index (Phi) is 9.34. The van der Waals surface area contributed by atoms with Gasteiger partial charge in [-0.3, -0.25) is 13.9 Å². The van der Waals surface area contributed by atoms with Crippen LogP contribution in [0.2, 0.25) is 0 Å². The number of hydrogen-bond acceptors (Lipinski definition) is 5. The molecule has 3 rings (SSSR count). The van der Waals surface area contributed by atoms with Gasteiger partial charge in [-0.1, -0.05) is 45.8 Å². The lowest BCUT2D eigenvalue weighted by Crippen LogP contribution is -2.50. The molecule has 10 heteroatoms. The number of halogens is 1. The number of nitrogens with zero attached hydrogens (tertiary/aromatic N) is 2. The summed E-state index contributed by atoms with van der Waals surface area (Å²) >= 11 is 3.43. The average Bonchev–Trinajstić information content (AvgIpc) is 2.89. The molecule has 3 aromatic rings. The fraction of sp³-hybridized carbons (Fsp3) is 0.259. The summed E-state index contributed by atoms with van der Waals surface area (Å²) < 4.78 is 34.6. The zero-order chi connectivity index (χ0) is 27.2. The van der Waals surface area contributed by atoms with Crippen LogP contribution in [0.5, 0.6) is 5.75 Å². The number of rotatable bonds is 10. The average molecular weight is 589 g/mol. The first-order valence-electron chi connectivity index (χ1n) is 11.6. The van der Waals surface area contributed by atoms with Crippen LogP contribution < -0.4 is 14.4 Å². The summed E-state index contributed by atoms with van der Waals surface area (Å²) in [7, 11) is -1.11. The highest BCUT2D eigenvalue weighted by molar-refractivity contribution is 9.10. The first-order valence-corrected chi connectivity index (χ1v) is 13.8. The van der Waals surface area contributed by atoms with Gasteiger partial charge >= 0.3 is 0 Å². The molecule has 0 aliphatic rings. The van der Waals surface area contributed by atoms with E-state index in [4.69, 9.17) is 4.74 Å². The first-order chi connectivity index (χ1) is 17.6. The molecule has 2 amide bonds. The number of carbonyl (C=O) groups excluding carboxylic acids is 2. The van der Waals surface area contributed by atoms with Crippen LogP contribution in [0, 0.1) is 6.92 Å². The van der Waals surface area contributed by atoms with Crippen molar-refractivity contribution >= 4 is 43.5 Å². The van der Waals surface area contributed by atoms with Crippen molar-refractivity contribution in [2.45, 2.75) is 31.3 Å². The molecule has 0 fully saturated rings. The molecule has 37 heavy (non-hydrogen) atoms. The van der Waals surface area contributed by atoms with Gasteiger partial charge in [0, 0.05) is 18.1 Å². The van der Waals surface area contributed by atoms with Crippen LogP contribution in [0.25, 0.3) is 0 Å². The minimum absolute atomic E-state index is 0.0552. The molecule has 0 heterocycles. The Morgan fingerprint density at radius 1 is 1.03 bits per heavy atom. The zero-order valence-electron chi connectivity index (χ0n) is 21.1. The molecule has 3 aromatic carbocycles. The number of benzene rings is 3. The van der Waals surface area contributed by atoms with Crippen molar-refractivity contribution in [2.75, 3.05) is 25.0 Å². The van der Waals surface area contributed by atoms with Crippen LogP contribution >= 0.6 is 15.9 Å². The fourth-order valence-electron chi connectivity index (χ4n) is 3.74. The third kappa shape index (κ3) is 6.90. The lowest BCUT2D eigenvalue weighted by atomic mass is 10.1. The van der Waals surface area contributed by atoms with E-state index in [0.29, 0.717) is 11.4 Å². The Balaban J connectivity index is 2.03. The van der Waals surface area contributed by atoms with Gasteiger partial charge in [0.05, 0.1) is 17.7 Å². The number of sulfonamides is 1. The predicted octanol–water partition coefficient (Wildman–Crippen LogP) is 4.12. The van der Waals surface area contributed by atoms with E-state index in [1.54, 1.807) is 43.3 Å². The molecule has 0 spiro atoms. The summed E-state index contributed by atoms with van der Waals surface area (Å²) in [6.45, 7) is 3.09. The van der Waals surface area contributed by atoms with Crippen LogP contribution in [0.4, 0.5) is 5.69 Å². The first kappa shape index (κ1) is 28.2. The maximum atomic E-state index is 13.8. The van der Waals surface area contributed by atoms with E-state index >= 15 is 0 Å². The molecule has 196 valence electrons. The van der Waals surface area contributed by atoms with Crippen molar-refractivity contribution in [1.29, 1.82) is 0 Å². The topological polar surface area (TPSA) is 96.0 Å². The molecular weight excluding hydrogens is 558 g/mol. The molecule has 0 saturated heterocycles. The third-order valence-electron chi connectivity index (χ3n) is 5.90. The Morgan fingerprint density at radius 2 is 1.68 bits per heavy atom. The van der Waals surface area contributed by atoms with Gasteiger partial charge in [-0.2, -0.15) is 0 Å². The van der Waals surface area contributed by atoms with E-state index in [2.05, 4.69) is 21.2 Å². The van der Waals surface area contributed by atoms with Crippen molar-refractivity contribution < 1.29 is 22.7 Å². The summed E-state index contributed by atoms with van der Waals surface area (Å²) in [5.41, 5.74) is 1.99. The molecule has 0 aliphatic carbocycles. The molecule has 1 atom stereocenters. The summed E-state index contributed by atoms with van der Waals surface area (Å²) in [5, 5.41) is 2.57. The highest BCUT2D eigenvalue weighted by atomic mass is 79.9. The van der Waals surface area contributed by atoms with Crippen LogP contribution in [-0.4, -0.2) is 51.9 Å². The number of likely N-dealkylation sites (N-methyl/N-ethyl adjacent to an activating group) is 1. The molecule has 0 aliphatic heterocycles. The van der Waals surface area contributed by atoms with Gasteiger partial charge in [0.2, 0.25) is 11.8 Å². The van der Waals surface area contributed by atoms with Gasteiger partial charge < -0.3 is 15.0 Å². The summed E-state index contributed by atoms with van der Waals surface area (Å²) in [6, 6.07) is 19.4. The van der Waals surface area contributed by atoms with Crippen molar-refractivity contribution in [1.82, 2.24) is 10.2 Å². The largest absolute Gasteiger partial charge is 0.497 e. The zero-order valence-corrected chi connectivity index (χ0v) is 23.5. The minimum atomic E-state index is -4.11. The lowest BCUT2D eigenvalue weighted by Gasteiger charge is -2.31. The number of carbonyl (C=O) groups is 2. The quantitative estimate of drug-likeness (QED) is 0.385. The Bertz CT molecular complexity index is 1350. The molecule has 1 unspecified atom stereocenters.